The van der Waals surface area contributed by atoms with Crippen LogP contribution in [0.3, 0.4) is 0 Å². The molecule has 0 radical (unpaired) electrons. The van der Waals surface area contributed by atoms with Crippen LogP contribution in [0, 0.1) is 12.3 Å². The molecule has 1 unspecified atom stereocenters. The van der Waals surface area contributed by atoms with E-state index < -0.39 is 11.4 Å². The second-order valence-electron chi connectivity index (χ2n) is 6.89. The molecule has 2 aromatic rings. The van der Waals surface area contributed by atoms with E-state index in [4.69, 9.17) is 0 Å². The lowest BCUT2D eigenvalue weighted by Crippen LogP contribution is -2.48. The molecule has 0 saturated carbocycles. The first-order valence-corrected chi connectivity index (χ1v) is 8.46. The summed E-state index contributed by atoms with van der Waals surface area (Å²) >= 11 is 0. The Kier molecular flexibility index (Phi) is 4.57. The van der Waals surface area contributed by atoms with E-state index in [-0.39, 0.29) is 12.5 Å². The van der Waals surface area contributed by atoms with Gasteiger partial charge in [-0.3, -0.25) is 14.6 Å². The number of likely N-dealkylation sites (tertiary alicyclic amines) is 1. The molecule has 2 heterocycles. The molecule has 1 amide bonds. The second-order valence-corrected chi connectivity index (χ2v) is 6.89. The fraction of sp³-hybridized carbons (Fsp3) is 0.350. The highest BCUT2D eigenvalue weighted by Gasteiger charge is 2.39. The molecule has 1 aliphatic heterocycles. The van der Waals surface area contributed by atoms with Crippen LogP contribution in [-0.4, -0.2) is 40.0 Å². The number of piperidine rings is 1. The van der Waals surface area contributed by atoms with Crippen molar-refractivity contribution in [2.45, 2.75) is 26.7 Å². The molecule has 1 saturated heterocycles. The number of carbonyl (C=O) groups is 2. The van der Waals surface area contributed by atoms with Crippen molar-refractivity contribution in [2.24, 2.45) is 5.41 Å². The number of hydrogen-bond donors (Lipinski definition) is 1. The average Bonchev–Trinajstić information content (AvgIpc) is 2.62. The number of carbonyl (C=O) groups excluding carboxylic acids is 1. The third-order valence-electron chi connectivity index (χ3n) is 4.89. The van der Waals surface area contributed by atoms with Gasteiger partial charge in [0, 0.05) is 18.7 Å². The highest BCUT2D eigenvalue weighted by atomic mass is 16.4. The zero-order chi connectivity index (χ0) is 18.0. The number of nitrogens with zero attached hydrogens (tertiary/aromatic N) is 2. The Morgan fingerprint density at radius 2 is 1.88 bits per heavy atom. The van der Waals surface area contributed by atoms with Gasteiger partial charge in [-0.2, -0.15) is 0 Å². The first-order chi connectivity index (χ1) is 11.9. The Bertz CT molecular complexity index is 804. The van der Waals surface area contributed by atoms with Crippen LogP contribution < -0.4 is 0 Å². The molecule has 0 aliphatic carbocycles. The van der Waals surface area contributed by atoms with E-state index in [1.54, 1.807) is 17.9 Å². The first-order valence-electron chi connectivity index (χ1n) is 8.46. The predicted octanol–water partition coefficient (Wildman–Crippen LogP) is 3.38. The van der Waals surface area contributed by atoms with Gasteiger partial charge in [-0.25, -0.2) is 0 Å². The minimum atomic E-state index is -0.876. The van der Waals surface area contributed by atoms with E-state index in [9.17, 15) is 14.7 Å². The molecule has 1 aliphatic rings. The number of carboxylic acid groups (broad SMARTS) is 1. The topological polar surface area (TPSA) is 70.5 Å². The summed E-state index contributed by atoms with van der Waals surface area (Å²) in [6.07, 6.45) is 1.29. The molecule has 25 heavy (non-hydrogen) atoms. The summed E-state index contributed by atoms with van der Waals surface area (Å²) in [7, 11) is 0. The van der Waals surface area contributed by atoms with Gasteiger partial charge in [0.15, 0.2) is 0 Å². The van der Waals surface area contributed by atoms with E-state index in [0.29, 0.717) is 30.6 Å². The Labute approximate surface area is 147 Å². The zero-order valence-corrected chi connectivity index (χ0v) is 14.5. The van der Waals surface area contributed by atoms with Crippen LogP contribution in [0.4, 0.5) is 0 Å². The van der Waals surface area contributed by atoms with Crippen molar-refractivity contribution < 1.29 is 14.7 Å². The Morgan fingerprint density at radius 1 is 1.16 bits per heavy atom. The van der Waals surface area contributed by atoms with Crippen LogP contribution in [0.2, 0.25) is 0 Å². The lowest BCUT2D eigenvalue weighted by atomic mass is 9.82. The van der Waals surface area contributed by atoms with Crippen molar-refractivity contribution in [3.8, 4) is 11.3 Å². The van der Waals surface area contributed by atoms with Crippen molar-refractivity contribution >= 4 is 11.9 Å². The summed E-state index contributed by atoms with van der Waals surface area (Å²) in [5.74, 6) is -0.990. The van der Waals surface area contributed by atoms with Gasteiger partial charge >= 0.3 is 5.97 Å². The maximum Gasteiger partial charge on any atom is 0.311 e. The van der Waals surface area contributed by atoms with Crippen molar-refractivity contribution in [3.05, 3.63) is 53.7 Å². The molecule has 5 nitrogen and oxygen atoms in total. The summed E-state index contributed by atoms with van der Waals surface area (Å²) in [4.78, 5) is 30.6. The molecule has 1 atom stereocenters. The minimum absolute atomic E-state index is 0.142. The summed E-state index contributed by atoms with van der Waals surface area (Å²) in [5, 5.41) is 9.43. The lowest BCUT2D eigenvalue weighted by Gasteiger charge is -2.37. The molecule has 1 N–H and O–H groups in total. The highest BCUT2D eigenvalue weighted by molar-refractivity contribution is 5.96. The SMILES string of the molecule is Cc1nc(-c2ccccc2)ccc1C(=O)N1CCCC(C)(C(=O)O)C1. The van der Waals surface area contributed by atoms with Gasteiger partial charge in [-0.05, 0) is 38.8 Å². The summed E-state index contributed by atoms with van der Waals surface area (Å²) in [6, 6.07) is 13.4. The molecule has 0 bridgehead atoms. The highest BCUT2D eigenvalue weighted by Crippen LogP contribution is 2.31. The van der Waals surface area contributed by atoms with Gasteiger partial charge in [-0.1, -0.05) is 30.3 Å². The summed E-state index contributed by atoms with van der Waals surface area (Å²) in [6.45, 7) is 4.35. The van der Waals surface area contributed by atoms with E-state index in [1.807, 2.05) is 43.3 Å². The van der Waals surface area contributed by atoms with Gasteiger partial charge < -0.3 is 10.0 Å². The maximum absolute atomic E-state index is 12.9. The number of aromatic nitrogens is 1. The fourth-order valence-corrected chi connectivity index (χ4v) is 3.31. The van der Waals surface area contributed by atoms with E-state index in [1.165, 1.54) is 0 Å². The number of pyridine rings is 1. The molecule has 1 aromatic heterocycles. The van der Waals surface area contributed by atoms with Crippen LogP contribution in [0.5, 0.6) is 0 Å². The van der Waals surface area contributed by atoms with Crippen LogP contribution in [0.25, 0.3) is 11.3 Å². The van der Waals surface area contributed by atoms with Gasteiger partial charge in [-0.15, -0.1) is 0 Å². The molecule has 130 valence electrons. The first kappa shape index (κ1) is 17.1. The van der Waals surface area contributed by atoms with Gasteiger partial charge in [0.05, 0.1) is 22.4 Å². The molecule has 3 rings (SSSR count). The van der Waals surface area contributed by atoms with Crippen molar-refractivity contribution in [1.82, 2.24) is 9.88 Å². The van der Waals surface area contributed by atoms with E-state index in [2.05, 4.69) is 4.98 Å². The second kappa shape index (κ2) is 6.67. The molecule has 1 aromatic carbocycles. The van der Waals surface area contributed by atoms with Gasteiger partial charge in [0.2, 0.25) is 0 Å². The third-order valence-corrected chi connectivity index (χ3v) is 4.89. The Balaban J connectivity index is 1.84. The Morgan fingerprint density at radius 3 is 2.52 bits per heavy atom. The van der Waals surface area contributed by atoms with Gasteiger partial charge in [0.25, 0.3) is 5.91 Å². The molecule has 0 spiro atoms. The quantitative estimate of drug-likeness (QED) is 0.931. The number of benzene rings is 1. The van der Waals surface area contributed by atoms with Crippen LogP contribution in [0.15, 0.2) is 42.5 Å². The lowest BCUT2D eigenvalue weighted by molar-refractivity contribution is -0.150. The monoisotopic (exact) mass is 338 g/mol. The zero-order valence-electron chi connectivity index (χ0n) is 14.5. The van der Waals surface area contributed by atoms with Crippen LogP contribution in [0.1, 0.15) is 35.8 Å². The minimum Gasteiger partial charge on any atom is -0.481 e. The standard InChI is InChI=1S/C20H22N2O3/c1-14-16(9-10-17(21-14)15-7-4-3-5-8-15)18(23)22-12-6-11-20(2,13-22)19(24)25/h3-5,7-10H,6,11-13H2,1-2H3,(H,24,25). The number of aliphatic carboxylic acids is 1. The largest absolute Gasteiger partial charge is 0.481 e. The summed E-state index contributed by atoms with van der Waals surface area (Å²) < 4.78 is 0. The molecular formula is C20H22N2O3. The van der Waals surface area contributed by atoms with Crippen LogP contribution in [-0.2, 0) is 4.79 Å². The van der Waals surface area contributed by atoms with E-state index in [0.717, 1.165) is 11.3 Å². The molecule has 1 fully saturated rings. The Hall–Kier alpha value is -2.69. The van der Waals surface area contributed by atoms with Crippen molar-refractivity contribution in [1.29, 1.82) is 0 Å². The van der Waals surface area contributed by atoms with Crippen LogP contribution >= 0.6 is 0 Å². The maximum atomic E-state index is 12.9. The third kappa shape index (κ3) is 3.40. The smallest absolute Gasteiger partial charge is 0.311 e. The van der Waals surface area contributed by atoms with Crippen molar-refractivity contribution in [3.63, 3.8) is 0 Å². The fourth-order valence-electron chi connectivity index (χ4n) is 3.31. The number of hydrogen-bond acceptors (Lipinski definition) is 3. The summed E-state index contributed by atoms with van der Waals surface area (Å²) in [5.41, 5.74) is 2.15. The number of rotatable bonds is 3. The average molecular weight is 338 g/mol. The van der Waals surface area contributed by atoms with Crippen molar-refractivity contribution in [2.75, 3.05) is 13.1 Å². The molecular weight excluding hydrogens is 316 g/mol. The van der Waals surface area contributed by atoms with E-state index >= 15 is 0 Å². The predicted molar refractivity (Wildman–Crippen MR) is 95.3 cm³/mol. The number of aryl methyl sites for hydroxylation is 1. The normalized spacial score (nSPS) is 20.3. The molecule has 5 heteroatoms. The number of amides is 1. The van der Waals surface area contributed by atoms with Gasteiger partial charge in [0.1, 0.15) is 0 Å². The number of carboxylic acids is 1.